The van der Waals surface area contributed by atoms with E-state index in [1.807, 2.05) is 24.3 Å². The SMILES string of the molecule is COc1cccc(OCCC2CCCC2O)c1. The third-order valence-corrected chi connectivity index (χ3v) is 3.42. The van der Waals surface area contributed by atoms with Crippen molar-refractivity contribution in [2.24, 2.45) is 5.92 Å². The molecule has 3 heteroatoms. The fraction of sp³-hybridized carbons (Fsp3) is 0.571. The number of benzene rings is 1. The molecule has 0 aromatic heterocycles. The molecule has 0 amide bonds. The molecule has 1 aromatic carbocycles. The maximum absolute atomic E-state index is 9.69. The topological polar surface area (TPSA) is 38.7 Å². The smallest absolute Gasteiger partial charge is 0.122 e. The average molecular weight is 236 g/mol. The van der Waals surface area contributed by atoms with Gasteiger partial charge in [0.25, 0.3) is 0 Å². The van der Waals surface area contributed by atoms with Crippen molar-refractivity contribution >= 4 is 0 Å². The Morgan fingerprint density at radius 1 is 1.29 bits per heavy atom. The third kappa shape index (κ3) is 3.37. The summed E-state index contributed by atoms with van der Waals surface area (Å²) in [6.07, 6.45) is 4.03. The number of aliphatic hydroxyl groups excluding tert-OH is 1. The van der Waals surface area contributed by atoms with Crippen molar-refractivity contribution in [1.82, 2.24) is 0 Å². The molecule has 2 rings (SSSR count). The molecule has 1 fully saturated rings. The molecule has 1 aliphatic carbocycles. The molecule has 1 aromatic rings. The van der Waals surface area contributed by atoms with Gasteiger partial charge in [-0.3, -0.25) is 0 Å². The van der Waals surface area contributed by atoms with Crippen LogP contribution in [0.4, 0.5) is 0 Å². The summed E-state index contributed by atoms with van der Waals surface area (Å²) in [6, 6.07) is 7.62. The minimum Gasteiger partial charge on any atom is -0.497 e. The van der Waals surface area contributed by atoms with Crippen LogP contribution >= 0.6 is 0 Å². The second-order valence-electron chi connectivity index (χ2n) is 4.57. The van der Waals surface area contributed by atoms with Crippen molar-refractivity contribution in [2.45, 2.75) is 31.8 Å². The highest BCUT2D eigenvalue weighted by atomic mass is 16.5. The highest BCUT2D eigenvalue weighted by Crippen LogP contribution is 2.28. The Bertz CT molecular complexity index is 351. The molecule has 0 saturated heterocycles. The van der Waals surface area contributed by atoms with E-state index in [0.717, 1.165) is 37.2 Å². The van der Waals surface area contributed by atoms with Crippen LogP contribution in [0.25, 0.3) is 0 Å². The second kappa shape index (κ2) is 5.92. The van der Waals surface area contributed by atoms with E-state index in [9.17, 15) is 5.11 Å². The molecule has 0 heterocycles. The van der Waals surface area contributed by atoms with Crippen LogP contribution < -0.4 is 9.47 Å². The maximum Gasteiger partial charge on any atom is 0.122 e. The van der Waals surface area contributed by atoms with E-state index in [4.69, 9.17) is 9.47 Å². The van der Waals surface area contributed by atoms with Gasteiger partial charge in [0, 0.05) is 6.07 Å². The lowest BCUT2D eigenvalue weighted by molar-refractivity contribution is 0.117. The van der Waals surface area contributed by atoms with Gasteiger partial charge in [-0.05, 0) is 37.3 Å². The second-order valence-corrected chi connectivity index (χ2v) is 4.57. The van der Waals surface area contributed by atoms with Gasteiger partial charge in [0.05, 0.1) is 19.8 Å². The van der Waals surface area contributed by atoms with Crippen molar-refractivity contribution < 1.29 is 14.6 Å². The van der Waals surface area contributed by atoms with E-state index in [2.05, 4.69) is 0 Å². The van der Waals surface area contributed by atoms with Gasteiger partial charge in [-0.25, -0.2) is 0 Å². The number of ether oxygens (including phenoxy) is 2. The fourth-order valence-electron chi connectivity index (χ4n) is 2.37. The van der Waals surface area contributed by atoms with E-state index < -0.39 is 0 Å². The predicted molar refractivity (Wildman–Crippen MR) is 66.5 cm³/mol. The van der Waals surface area contributed by atoms with Crippen LogP contribution in [0.2, 0.25) is 0 Å². The van der Waals surface area contributed by atoms with Gasteiger partial charge in [-0.15, -0.1) is 0 Å². The molecule has 94 valence electrons. The third-order valence-electron chi connectivity index (χ3n) is 3.42. The summed E-state index contributed by atoms with van der Waals surface area (Å²) in [7, 11) is 1.65. The molecule has 1 aliphatic rings. The number of hydrogen-bond acceptors (Lipinski definition) is 3. The Balaban J connectivity index is 1.77. The Morgan fingerprint density at radius 2 is 2.12 bits per heavy atom. The zero-order chi connectivity index (χ0) is 12.1. The molecule has 17 heavy (non-hydrogen) atoms. The summed E-state index contributed by atoms with van der Waals surface area (Å²) < 4.78 is 10.8. The highest BCUT2D eigenvalue weighted by molar-refractivity contribution is 5.32. The highest BCUT2D eigenvalue weighted by Gasteiger charge is 2.24. The molecule has 1 N–H and O–H groups in total. The van der Waals surface area contributed by atoms with Gasteiger partial charge in [-0.2, -0.15) is 0 Å². The van der Waals surface area contributed by atoms with Crippen LogP contribution in [0.3, 0.4) is 0 Å². The number of aliphatic hydroxyl groups is 1. The summed E-state index contributed by atoms with van der Waals surface area (Å²) in [5.74, 6) is 2.06. The first-order chi connectivity index (χ1) is 8.29. The molecule has 0 bridgehead atoms. The molecule has 2 unspecified atom stereocenters. The Morgan fingerprint density at radius 3 is 2.82 bits per heavy atom. The Kier molecular flexibility index (Phi) is 4.26. The lowest BCUT2D eigenvalue weighted by Gasteiger charge is -2.14. The van der Waals surface area contributed by atoms with E-state index in [-0.39, 0.29) is 6.10 Å². The van der Waals surface area contributed by atoms with E-state index in [0.29, 0.717) is 12.5 Å². The number of hydrogen-bond donors (Lipinski definition) is 1. The van der Waals surface area contributed by atoms with Gasteiger partial charge < -0.3 is 14.6 Å². The summed E-state index contributed by atoms with van der Waals surface area (Å²) in [5, 5.41) is 9.69. The Labute approximate surface area is 102 Å². The number of methoxy groups -OCH3 is 1. The largest absolute Gasteiger partial charge is 0.497 e. The molecule has 3 nitrogen and oxygen atoms in total. The first-order valence-electron chi connectivity index (χ1n) is 6.24. The van der Waals surface area contributed by atoms with Crippen molar-refractivity contribution in [3.05, 3.63) is 24.3 Å². The van der Waals surface area contributed by atoms with Crippen LogP contribution in [-0.2, 0) is 0 Å². The van der Waals surface area contributed by atoms with E-state index in [1.54, 1.807) is 7.11 Å². The standard InChI is InChI=1S/C14H20O3/c1-16-12-5-3-6-13(10-12)17-9-8-11-4-2-7-14(11)15/h3,5-6,10-11,14-15H,2,4,7-9H2,1H3. The predicted octanol–water partition coefficient (Wildman–Crippen LogP) is 2.63. The van der Waals surface area contributed by atoms with Gasteiger partial charge in [-0.1, -0.05) is 12.5 Å². The quantitative estimate of drug-likeness (QED) is 0.854. The van der Waals surface area contributed by atoms with Crippen molar-refractivity contribution in [1.29, 1.82) is 0 Å². The fourth-order valence-corrected chi connectivity index (χ4v) is 2.37. The minimum atomic E-state index is -0.121. The Hall–Kier alpha value is -1.22. The summed E-state index contributed by atoms with van der Waals surface area (Å²) in [5.41, 5.74) is 0. The first kappa shape index (κ1) is 12.2. The molecule has 0 spiro atoms. The van der Waals surface area contributed by atoms with E-state index >= 15 is 0 Å². The lowest BCUT2D eigenvalue weighted by atomic mass is 10.0. The van der Waals surface area contributed by atoms with Gasteiger partial charge in [0.2, 0.25) is 0 Å². The van der Waals surface area contributed by atoms with Crippen LogP contribution in [0.15, 0.2) is 24.3 Å². The summed E-state index contributed by atoms with van der Waals surface area (Å²) in [6.45, 7) is 0.662. The monoisotopic (exact) mass is 236 g/mol. The van der Waals surface area contributed by atoms with Crippen LogP contribution in [0, 0.1) is 5.92 Å². The molecular formula is C14H20O3. The van der Waals surface area contributed by atoms with Gasteiger partial charge >= 0.3 is 0 Å². The van der Waals surface area contributed by atoms with Crippen molar-refractivity contribution in [2.75, 3.05) is 13.7 Å². The summed E-state index contributed by atoms with van der Waals surface area (Å²) in [4.78, 5) is 0. The summed E-state index contributed by atoms with van der Waals surface area (Å²) >= 11 is 0. The molecule has 0 radical (unpaired) electrons. The normalized spacial score (nSPS) is 23.6. The number of rotatable bonds is 5. The lowest BCUT2D eigenvalue weighted by Crippen LogP contribution is -2.16. The van der Waals surface area contributed by atoms with Gasteiger partial charge in [0.1, 0.15) is 11.5 Å². The van der Waals surface area contributed by atoms with Crippen molar-refractivity contribution in [3.63, 3.8) is 0 Å². The first-order valence-corrected chi connectivity index (χ1v) is 6.24. The maximum atomic E-state index is 9.69. The van der Waals surface area contributed by atoms with Gasteiger partial charge in [0.15, 0.2) is 0 Å². The zero-order valence-corrected chi connectivity index (χ0v) is 10.3. The van der Waals surface area contributed by atoms with Crippen LogP contribution in [-0.4, -0.2) is 24.9 Å². The van der Waals surface area contributed by atoms with Crippen LogP contribution in [0.5, 0.6) is 11.5 Å². The molecular weight excluding hydrogens is 216 g/mol. The average Bonchev–Trinajstić information content (AvgIpc) is 2.76. The molecule has 1 saturated carbocycles. The van der Waals surface area contributed by atoms with Crippen molar-refractivity contribution in [3.8, 4) is 11.5 Å². The minimum absolute atomic E-state index is 0.121. The molecule has 0 aliphatic heterocycles. The van der Waals surface area contributed by atoms with Crippen LogP contribution in [0.1, 0.15) is 25.7 Å². The molecule has 2 atom stereocenters. The van der Waals surface area contributed by atoms with E-state index in [1.165, 1.54) is 0 Å². The zero-order valence-electron chi connectivity index (χ0n) is 10.3.